The van der Waals surface area contributed by atoms with Gasteiger partial charge in [-0.05, 0) is 30.7 Å². The lowest BCUT2D eigenvalue weighted by molar-refractivity contribution is 0.103. The Balaban J connectivity index is 2.54. The molecule has 0 radical (unpaired) electrons. The molecule has 0 saturated carbocycles. The molecule has 0 fully saturated rings. The number of rotatable bonds is 2. The Kier molecular flexibility index (Phi) is 3.43. The van der Waals surface area contributed by atoms with Crippen LogP contribution in [0.1, 0.15) is 21.5 Å². The van der Waals surface area contributed by atoms with Gasteiger partial charge >= 0.3 is 0 Å². The zero-order valence-corrected chi connectivity index (χ0v) is 10.3. The number of carbonyl (C=O) groups is 1. The van der Waals surface area contributed by atoms with Crippen LogP contribution in [0.2, 0.25) is 5.02 Å². The third-order valence-electron chi connectivity index (χ3n) is 2.64. The summed E-state index contributed by atoms with van der Waals surface area (Å²) in [6, 6.07) is 8.90. The van der Waals surface area contributed by atoms with Gasteiger partial charge in [-0.25, -0.2) is 8.78 Å². The predicted molar refractivity (Wildman–Crippen MR) is 66.0 cm³/mol. The van der Waals surface area contributed by atoms with Crippen LogP contribution in [0.3, 0.4) is 0 Å². The summed E-state index contributed by atoms with van der Waals surface area (Å²) in [5.74, 6) is -2.77. The molecule has 0 heterocycles. The second-order valence-electron chi connectivity index (χ2n) is 3.87. The van der Waals surface area contributed by atoms with Gasteiger partial charge in [0.15, 0.2) is 17.4 Å². The third kappa shape index (κ3) is 2.14. The molecule has 2 aromatic carbocycles. The second kappa shape index (κ2) is 4.86. The SMILES string of the molecule is Cc1ccc(C(=O)c2ccccc2Cl)c(F)c1F. The number of carbonyl (C=O) groups excluding carboxylic acids is 1. The van der Waals surface area contributed by atoms with Gasteiger partial charge in [0.05, 0.1) is 10.6 Å². The molecule has 4 heteroatoms. The van der Waals surface area contributed by atoms with Gasteiger partial charge in [0, 0.05) is 5.56 Å². The summed E-state index contributed by atoms with van der Waals surface area (Å²) in [6.45, 7) is 1.43. The highest BCUT2D eigenvalue weighted by Gasteiger charge is 2.19. The number of halogens is 3. The Morgan fingerprint density at radius 1 is 1.00 bits per heavy atom. The number of hydrogen-bond donors (Lipinski definition) is 0. The number of hydrogen-bond acceptors (Lipinski definition) is 1. The minimum atomic E-state index is -1.14. The van der Waals surface area contributed by atoms with Crippen molar-refractivity contribution in [1.29, 1.82) is 0 Å². The van der Waals surface area contributed by atoms with Crippen molar-refractivity contribution in [2.45, 2.75) is 6.92 Å². The normalized spacial score (nSPS) is 10.4. The number of ketones is 1. The van der Waals surface area contributed by atoms with Crippen LogP contribution >= 0.6 is 11.6 Å². The smallest absolute Gasteiger partial charge is 0.197 e. The molecule has 0 atom stereocenters. The van der Waals surface area contributed by atoms with Crippen molar-refractivity contribution >= 4 is 17.4 Å². The first-order chi connectivity index (χ1) is 8.52. The predicted octanol–water partition coefficient (Wildman–Crippen LogP) is 4.16. The lowest BCUT2D eigenvalue weighted by atomic mass is 10.0. The van der Waals surface area contributed by atoms with Crippen LogP contribution < -0.4 is 0 Å². The summed E-state index contributed by atoms with van der Waals surface area (Å²) in [5, 5.41) is 0.211. The monoisotopic (exact) mass is 266 g/mol. The summed E-state index contributed by atoms with van der Waals surface area (Å²) in [4.78, 5) is 12.1. The van der Waals surface area contributed by atoms with Crippen molar-refractivity contribution in [2.24, 2.45) is 0 Å². The van der Waals surface area contributed by atoms with Gasteiger partial charge in [0.2, 0.25) is 0 Å². The van der Waals surface area contributed by atoms with Crippen LogP contribution in [0, 0.1) is 18.6 Å². The fraction of sp³-hybridized carbons (Fsp3) is 0.0714. The Hall–Kier alpha value is -1.74. The molecule has 0 aliphatic heterocycles. The van der Waals surface area contributed by atoms with Crippen LogP contribution in [0.4, 0.5) is 8.78 Å². The highest BCUT2D eigenvalue weighted by molar-refractivity contribution is 6.35. The highest BCUT2D eigenvalue weighted by Crippen LogP contribution is 2.22. The van der Waals surface area contributed by atoms with E-state index in [1.165, 1.54) is 31.2 Å². The fourth-order valence-electron chi connectivity index (χ4n) is 1.61. The molecule has 0 aliphatic carbocycles. The lowest BCUT2D eigenvalue weighted by Gasteiger charge is -2.06. The van der Waals surface area contributed by atoms with Crippen molar-refractivity contribution in [3.05, 3.63) is 69.7 Å². The van der Waals surface area contributed by atoms with E-state index in [-0.39, 0.29) is 21.7 Å². The summed E-state index contributed by atoms with van der Waals surface area (Å²) < 4.78 is 27.1. The van der Waals surface area contributed by atoms with Gasteiger partial charge in [0.1, 0.15) is 0 Å². The quantitative estimate of drug-likeness (QED) is 0.746. The van der Waals surface area contributed by atoms with Crippen LogP contribution in [-0.4, -0.2) is 5.78 Å². The molecular weight excluding hydrogens is 258 g/mol. The molecule has 1 nitrogen and oxygen atoms in total. The van der Waals surface area contributed by atoms with Crippen molar-refractivity contribution in [3.63, 3.8) is 0 Å². The maximum atomic E-state index is 13.7. The Morgan fingerprint density at radius 3 is 2.33 bits per heavy atom. The van der Waals surface area contributed by atoms with Gasteiger partial charge in [-0.1, -0.05) is 29.8 Å². The zero-order chi connectivity index (χ0) is 13.3. The number of benzene rings is 2. The van der Waals surface area contributed by atoms with Crippen molar-refractivity contribution in [1.82, 2.24) is 0 Å². The fourth-order valence-corrected chi connectivity index (χ4v) is 1.83. The third-order valence-corrected chi connectivity index (χ3v) is 2.97. The molecule has 0 bridgehead atoms. The van der Waals surface area contributed by atoms with E-state index in [9.17, 15) is 13.6 Å². The average Bonchev–Trinajstić information content (AvgIpc) is 2.36. The first kappa shape index (κ1) is 12.7. The van der Waals surface area contributed by atoms with E-state index in [4.69, 9.17) is 11.6 Å². The second-order valence-corrected chi connectivity index (χ2v) is 4.27. The van der Waals surface area contributed by atoms with E-state index in [1.54, 1.807) is 12.1 Å². The van der Waals surface area contributed by atoms with E-state index in [0.717, 1.165) is 0 Å². The minimum Gasteiger partial charge on any atom is -0.288 e. The largest absolute Gasteiger partial charge is 0.288 e. The first-order valence-electron chi connectivity index (χ1n) is 5.26. The molecule has 0 unspecified atom stereocenters. The molecule has 18 heavy (non-hydrogen) atoms. The summed E-state index contributed by atoms with van der Waals surface area (Å²) in [5.41, 5.74) is -0.00396. The summed E-state index contributed by atoms with van der Waals surface area (Å²) in [7, 11) is 0. The van der Waals surface area contributed by atoms with E-state index >= 15 is 0 Å². The maximum Gasteiger partial charge on any atom is 0.197 e. The van der Waals surface area contributed by atoms with Gasteiger partial charge in [-0.2, -0.15) is 0 Å². The van der Waals surface area contributed by atoms with Crippen molar-refractivity contribution in [2.75, 3.05) is 0 Å². The molecule has 2 aromatic rings. The Bertz CT molecular complexity index is 623. The minimum absolute atomic E-state index is 0.154. The molecule has 0 aromatic heterocycles. The van der Waals surface area contributed by atoms with E-state index < -0.39 is 17.4 Å². The molecule has 0 saturated heterocycles. The van der Waals surface area contributed by atoms with E-state index in [0.29, 0.717) is 0 Å². The average molecular weight is 267 g/mol. The topological polar surface area (TPSA) is 17.1 Å². The highest BCUT2D eigenvalue weighted by atomic mass is 35.5. The van der Waals surface area contributed by atoms with Gasteiger partial charge in [-0.3, -0.25) is 4.79 Å². The first-order valence-corrected chi connectivity index (χ1v) is 5.64. The van der Waals surface area contributed by atoms with Crippen LogP contribution in [0.5, 0.6) is 0 Å². The zero-order valence-electron chi connectivity index (χ0n) is 9.51. The number of aryl methyl sites for hydroxylation is 1. The molecule has 0 amide bonds. The van der Waals surface area contributed by atoms with Crippen LogP contribution in [-0.2, 0) is 0 Å². The van der Waals surface area contributed by atoms with Crippen molar-refractivity contribution < 1.29 is 13.6 Å². The van der Waals surface area contributed by atoms with Gasteiger partial charge in [0.25, 0.3) is 0 Å². The maximum absolute atomic E-state index is 13.7. The molecule has 92 valence electrons. The van der Waals surface area contributed by atoms with E-state index in [1.807, 2.05) is 0 Å². The molecule has 0 spiro atoms. The molecular formula is C14H9ClF2O. The summed E-state index contributed by atoms with van der Waals surface area (Å²) >= 11 is 5.86. The molecule has 2 rings (SSSR count). The van der Waals surface area contributed by atoms with Crippen LogP contribution in [0.15, 0.2) is 36.4 Å². The standard InChI is InChI=1S/C14H9ClF2O/c1-8-6-7-10(13(17)12(8)16)14(18)9-4-2-3-5-11(9)15/h2-7H,1H3. The van der Waals surface area contributed by atoms with Gasteiger partial charge < -0.3 is 0 Å². The Morgan fingerprint density at radius 2 is 1.67 bits per heavy atom. The summed E-state index contributed by atoms with van der Waals surface area (Å²) in [6.07, 6.45) is 0. The molecule has 0 N–H and O–H groups in total. The molecule has 0 aliphatic rings. The van der Waals surface area contributed by atoms with Crippen molar-refractivity contribution in [3.8, 4) is 0 Å². The Labute approximate surface area is 108 Å². The lowest BCUT2D eigenvalue weighted by Crippen LogP contribution is -2.07. The van der Waals surface area contributed by atoms with Gasteiger partial charge in [-0.15, -0.1) is 0 Å². The van der Waals surface area contributed by atoms with E-state index in [2.05, 4.69) is 0 Å². The van der Waals surface area contributed by atoms with Crippen LogP contribution in [0.25, 0.3) is 0 Å².